The molecule has 27 heavy (non-hydrogen) atoms. The van der Waals surface area contributed by atoms with E-state index < -0.39 is 0 Å². The average Bonchev–Trinajstić information content (AvgIpc) is 3.28. The minimum atomic E-state index is -0.213. The molecule has 2 aromatic carbocycles. The molecule has 7 heteroatoms. The summed E-state index contributed by atoms with van der Waals surface area (Å²) in [6.07, 6.45) is 1.50. The van der Waals surface area contributed by atoms with Gasteiger partial charge in [0.2, 0.25) is 0 Å². The van der Waals surface area contributed by atoms with Gasteiger partial charge in [-0.1, -0.05) is 0 Å². The highest BCUT2D eigenvalue weighted by Gasteiger charge is 2.32. The predicted octanol–water partition coefficient (Wildman–Crippen LogP) is 3.24. The van der Waals surface area contributed by atoms with Gasteiger partial charge in [-0.2, -0.15) is 0 Å². The number of carbonyl (C=O) groups excluding carboxylic acids is 2. The zero-order chi connectivity index (χ0) is 18.4. The zero-order valence-corrected chi connectivity index (χ0v) is 13.9. The number of fused-ring (bicyclic) bond motifs is 10. The molecule has 6 rings (SSSR count). The van der Waals surface area contributed by atoms with E-state index in [0.29, 0.717) is 34.3 Å². The van der Waals surface area contributed by atoms with Gasteiger partial charge in [-0.15, -0.1) is 0 Å². The summed E-state index contributed by atoms with van der Waals surface area (Å²) in [5.74, 6) is -0.292. The van der Waals surface area contributed by atoms with Gasteiger partial charge in [0.1, 0.15) is 11.5 Å². The number of aromatic nitrogens is 2. The van der Waals surface area contributed by atoms with Gasteiger partial charge < -0.3 is 25.5 Å². The maximum Gasteiger partial charge on any atom is 0.252 e. The molecule has 1 amide bonds. The second-order valence-corrected chi connectivity index (χ2v) is 7.04. The Bertz CT molecular complexity index is 1400. The number of Topliss-reactive ketones (excluding diaryl/α,β-unsaturated/α-hetero) is 1. The van der Waals surface area contributed by atoms with Crippen LogP contribution in [0.3, 0.4) is 0 Å². The third-order valence-electron chi connectivity index (χ3n) is 5.51. The van der Waals surface area contributed by atoms with Gasteiger partial charge in [-0.25, -0.2) is 0 Å². The minimum Gasteiger partial charge on any atom is -0.512 e. The summed E-state index contributed by atoms with van der Waals surface area (Å²) in [4.78, 5) is 31.6. The first-order valence-electron chi connectivity index (χ1n) is 8.59. The lowest BCUT2D eigenvalue weighted by molar-refractivity contribution is 0.0960. The molecule has 1 aliphatic heterocycles. The second-order valence-electron chi connectivity index (χ2n) is 7.04. The van der Waals surface area contributed by atoms with Crippen molar-refractivity contribution in [2.45, 2.75) is 13.0 Å². The third kappa shape index (κ3) is 1.66. The van der Waals surface area contributed by atoms with Crippen molar-refractivity contribution in [3.63, 3.8) is 0 Å². The number of aliphatic hydroxyl groups excluding tert-OH is 1. The Morgan fingerprint density at radius 1 is 1.00 bits per heavy atom. The Morgan fingerprint density at radius 3 is 2.67 bits per heavy atom. The Morgan fingerprint density at radius 2 is 1.81 bits per heavy atom. The highest BCUT2D eigenvalue weighted by atomic mass is 16.3. The van der Waals surface area contributed by atoms with Gasteiger partial charge >= 0.3 is 0 Å². The molecule has 0 saturated heterocycles. The number of hydrogen-bond donors (Lipinski definition) is 5. The van der Waals surface area contributed by atoms with E-state index in [2.05, 4.69) is 15.3 Å². The van der Waals surface area contributed by atoms with E-state index in [1.165, 1.54) is 0 Å². The van der Waals surface area contributed by atoms with Crippen LogP contribution < -0.4 is 5.32 Å². The van der Waals surface area contributed by atoms with Gasteiger partial charge in [0.25, 0.3) is 5.91 Å². The fourth-order valence-electron chi connectivity index (χ4n) is 4.44. The molecule has 0 saturated carbocycles. The van der Waals surface area contributed by atoms with Gasteiger partial charge in [-0.3, -0.25) is 9.59 Å². The van der Waals surface area contributed by atoms with Gasteiger partial charge in [-0.05, 0) is 29.8 Å². The van der Waals surface area contributed by atoms with Crippen LogP contribution in [-0.2, 0) is 6.54 Å². The first kappa shape index (κ1) is 14.4. The maximum atomic E-state index is 12.6. The molecule has 7 nitrogen and oxygen atoms in total. The molecule has 0 spiro atoms. The van der Waals surface area contributed by atoms with Gasteiger partial charge in [0, 0.05) is 33.8 Å². The van der Waals surface area contributed by atoms with Crippen LogP contribution in [0.2, 0.25) is 0 Å². The number of nitrogens with one attached hydrogen (secondary N) is 3. The number of allylic oxidation sites excluding steroid dienone is 1. The lowest BCUT2D eigenvalue weighted by Gasteiger charge is -2.08. The van der Waals surface area contributed by atoms with Crippen molar-refractivity contribution in [2.75, 3.05) is 0 Å². The first-order chi connectivity index (χ1) is 13.0. The molecular formula is C20H13N3O4. The standard InChI is InChI=1S/C20H13N3O4/c24-7-1-2-12-9(3-7)14-11-6-21-20(27)16(11)15-10-4-8(25)5-13(26)17(10)23-19(15)18(14)22-12/h1-4,22-25H,5-6H2,(H,21,27). The van der Waals surface area contributed by atoms with Crippen molar-refractivity contribution in [3.05, 3.63) is 46.3 Å². The molecule has 3 heterocycles. The molecule has 1 aliphatic carbocycles. The Kier molecular flexibility index (Phi) is 2.41. The molecule has 0 unspecified atom stereocenters. The summed E-state index contributed by atoms with van der Waals surface area (Å²) in [6.45, 7) is 0.368. The van der Waals surface area contributed by atoms with E-state index in [1.807, 2.05) is 0 Å². The number of aromatic hydroxyl groups is 1. The fourth-order valence-corrected chi connectivity index (χ4v) is 4.44. The van der Waals surface area contributed by atoms with Crippen LogP contribution in [0, 0.1) is 0 Å². The van der Waals surface area contributed by atoms with Gasteiger partial charge in [0.05, 0.1) is 28.7 Å². The van der Waals surface area contributed by atoms with Crippen LogP contribution in [-0.4, -0.2) is 31.9 Å². The number of amides is 1. The van der Waals surface area contributed by atoms with Crippen LogP contribution in [0.5, 0.6) is 5.75 Å². The maximum absolute atomic E-state index is 12.6. The van der Waals surface area contributed by atoms with Gasteiger partial charge in [0.15, 0.2) is 5.78 Å². The van der Waals surface area contributed by atoms with Crippen molar-refractivity contribution in [3.8, 4) is 5.75 Å². The largest absolute Gasteiger partial charge is 0.512 e. The summed E-state index contributed by atoms with van der Waals surface area (Å²) in [5, 5.41) is 25.1. The van der Waals surface area contributed by atoms with Crippen LogP contribution in [0.25, 0.3) is 38.8 Å². The second kappa shape index (κ2) is 4.50. The van der Waals surface area contributed by atoms with Crippen molar-refractivity contribution < 1.29 is 19.8 Å². The van der Waals surface area contributed by atoms with Crippen molar-refractivity contribution in [2.24, 2.45) is 0 Å². The highest BCUT2D eigenvalue weighted by molar-refractivity contribution is 6.28. The molecule has 5 N–H and O–H groups in total. The van der Waals surface area contributed by atoms with E-state index in [4.69, 9.17) is 0 Å². The molecule has 2 aromatic heterocycles. The topological polar surface area (TPSA) is 118 Å². The number of carbonyl (C=O) groups is 2. The number of phenols is 1. The molecular weight excluding hydrogens is 346 g/mol. The molecule has 132 valence electrons. The number of benzene rings is 2. The highest BCUT2D eigenvalue weighted by Crippen LogP contribution is 2.43. The average molecular weight is 359 g/mol. The quantitative estimate of drug-likeness (QED) is 0.331. The number of hydrogen-bond acceptors (Lipinski definition) is 4. The number of aliphatic hydroxyl groups is 1. The first-order valence-corrected chi connectivity index (χ1v) is 8.59. The zero-order valence-electron chi connectivity index (χ0n) is 13.9. The number of aromatic amines is 2. The summed E-state index contributed by atoms with van der Waals surface area (Å²) >= 11 is 0. The Labute approximate surface area is 151 Å². The normalized spacial score (nSPS) is 16.1. The van der Waals surface area contributed by atoms with E-state index in [-0.39, 0.29) is 29.6 Å². The molecule has 0 bridgehead atoms. The monoisotopic (exact) mass is 359 g/mol. The Hall–Kier alpha value is -3.74. The van der Waals surface area contributed by atoms with E-state index in [0.717, 1.165) is 27.4 Å². The van der Waals surface area contributed by atoms with Crippen molar-refractivity contribution >= 4 is 50.5 Å². The molecule has 4 aromatic rings. The van der Waals surface area contributed by atoms with Crippen LogP contribution in [0.4, 0.5) is 0 Å². The SMILES string of the molecule is O=C1CC(O)=Cc2c1[nH]c1c2c2c(c3c4cc(O)ccc4[nH]c13)CNC2=O. The number of phenolic OH excluding ortho intramolecular Hbond substituents is 1. The smallest absolute Gasteiger partial charge is 0.252 e. The van der Waals surface area contributed by atoms with Crippen LogP contribution in [0.1, 0.15) is 38.4 Å². The molecule has 0 fully saturated rings. The lowest BCUT2D eigenvalue weighted by atomic mass is 9.93. The van der Waals surface area contributed by atoms with Crippen molar-refractivity contribution in [1.29, 1.82) is 0 Å². The third-order valence-corrected chi connectivity index (χ3v) is 5.51. The minimum absolute atomic E-state index is 0.0118. The summed E-state index contributed by atoms with van der Waals surface area (Å²) < 4.78 is 0. The van der Waals surface area contributed by atoms with E-state index in [1.54, 1.807) is 24.3 Å². The predicted molar refractivity (Wildman–Crippen MR) is 100 cm³/mol. The molecule has 2 aliphatic rings. The summed E-state index contributed by atoms with van der Waals surface area (Å²) in [6, 6.07) is 5.05. The fraction of sp³-hybridized carbons (Fsp3) is 0.100. The summed E-state index contributed by atoms with van der Waals surface area (Å²) in [5.41, 5.74) is 4.55. The lowest BCUT2D eigenvalue weighted by Crippen LogP contribution is -2.13. The van der Waals surface area contributed by atoms with Crippen molar-refractivity contribution in [1.82, 2.24) is 15.3 Å². The summed E-state index contributed by atoms with van der Waals surface area (Å²) in [7, 11) is 0. The molecule has 0 radical (unpaired) electrons. The molecule has 0 atom stereocenters. The van der Waals surface area contributed by atoms with E-state index in [9.17, 15) is 19.8 Å². The van der Waals surface area contributed by atoms with Crippen LogP contribution >= 0.6 is 0 Å². The number of H-pyrrole nitrogens is 2. The number of rotatable bonds is 0. The Balaban J connectivity index is 1.92. The number of ketones is 1. The van der Waals surface area contributed by atoms with Crippen LogP contribution in [0.15, 0.2) is 24.0 Å². The van der Waals surface area contributed by atoms with E-state index >= 15 is 0 Å².